The normalized spacial score (nSPS) is 11.2. The molecule has 2 aromatic rings. The van der Waals surface area contributed by atoms with Crippen molar-refractivity contribution in [3.63, 3.8) is 0 Å². The maximum Gasteiger partial charge on any atom is 0.333 e. The Balaban J connectivity index is 2.38. The van der Waals surface area contributed by atoms with Gasteiger partial charge in [-0.1, -0.05) is 0 Å². The molecule has 0 saturated heterocycles. The average molecular weight is 243 g/mol. The van der Waals surface area contributed by atoms with E-state index in [-0.39, 0.29) is 0 Å². The Morgan fingerprint density at radius 2 is 2.31 bits per heavy atom. The number of aromatic nitrogens is 2. The highest BCUT2D eigenvalue weighted by Crippen LogP contribution is 2.24. The average Bonchev–Trinajstić information content (AvgIpc) is 2.83. The molecule has 0 aromatic carbocycles. The number of nitrogens with two attached hydrogens (primary N) is 1. The van der Waals surface area contributed by atoms with E-state index >= 15 is 0 Å². The molecule has 3 nitrogen and oxygen atoms in total. The summed E-state index contributed by atoms with van der Waals surface area (Å²) in [5.41, 5.74) is 7.28. The van der Waals surface area contributed by atoms with E-state index in [0.717, 1.165) is 10.2 Å². The summed E-state index contributed by atoms with van der Waals surface area (Å²) in [5.74, 6) is 0. The molecule has 0 unspecified atom stereocenters. The lowest BCUT2D eigenvalue weighted by Crippen LogP contribution is -2.10. The van der Waals surface area contributed by atoms with Gasteiger partial charge in [-0.3, -0.25) is 0 Å². The predicted molar refractivity (Wildman–Crippen MR) is 59.6 cm³/mol. The Morgan fingerprint density at radius 1 is 1.50 bits per heavy atom. The van der Waals surface area contributed by atoms with Crippen molar-refractivity contribution in [3.05, 3.63) is 28.6 Å². The number of thiophene rings is 1. The fourth-order valence-electron chi connectivity index (χ4n) is 1.49. The third-order valence-electron chi connectivity index (χ3n) is 2.22. The molecule has 0 atom stereocenters. The molecule has 0 radical (unpaired) electrons. The molecular weight excluding hydrogens is 232 g/mol. The molecule has 0 spiro atoms. The second kappa shape index (κ2) is 4.71. The summed E-state index contributed by atoms with van der Waals surface area (Å²) in [7, 11) is 0. The zero-order valence-electron chi connectivity index (χ0n) is 8.44. The first-order valence-corrected chi connectivity index (χ1v) is 5.76. The van der Waals surface area contributed by atoms with Crippen LogP contribution in [0.3, 0.4) is 0 Å². The van der Waals surface area contributed by atoms with Gasteiger partial charge in [0.1, 0.15) is 0 Å². The van der Waals surface area contributed by atoms with Crippen LogP contribution < -0.4 is 5.73 Å². The molecule has 2 N–H and O–H groups in total. The van der Waals surface area contributed by atoms with E-state index in [1.165, 1.54) is 11.3 Å². The number of hydrogen-bond donors (Lipinski definition) is 1. The molecule has 2 rings (SSSR count). The molecule has 16 heavy (non-hydrogen) atoms. The Labute approximate surface area is 95.5 Å². The molecule has 0 aliphatic heterocycles. The van der Waals surface area contributed by atoms with Gasteiger partial charge in [-0.2, -0.15) is 25.2 Å². The first kappa shape index (κ1) is 11.2. The first-order chi connectivity index (χ1) is 7.72. The van der Waals surface area contributed by atoms with Gasteiger partial charge >= 0.3 is 6.55 Å². The number of nitrogens with zero attached hydrogens (tertiary/aromatic N) is 2. The lowest BCUT2D eigenvalue weighted by Gasteiger charge is -2.03. The smallest absolute Gasteiger partial charge is 0.330 e. The second-order valence-electron chi connectivity index (χ2n) is 3.29. The Hall–Kier alpha value is -1.27. The summed E-state index contributed by atoms with van der Waals surface area (Å²) in [6.45, 7) is -2.28. The Morgan fingerprint density at radius 3 is 2.88 bits per heavy atom. The van der Waals surface area contributed by atoms with Crippen molar-refractivity contribution >= 4 is 11.3 Å². The van der Waals surface area contributed by atoms with E-state index in [0.29, 0.717) is 24.4 Å². The maximum absolute atomic E-state index is 12.7. The molecule has 0 amide bonds. The monoisotopic (exact) mass is 243 g/mol. The minimum Gasteiger partial charge on any atom is -0.330 e. The number of rotatable bonds is 4. The lowest BCUT2D eigenvalue weighted by molar-refractivity contribution is 0.0538. The van der Waals surface area contributed by atoms with Gasteiger partial charge in [0.2, 0.25) is 0 Å². The van der Waals surface area contributed by atoms with Gasteiger partial charge in [0, 0.05) is 23.1 Å². The standard InChI is InChI=1S/C10H11F2N3S/c11-10(12)15-8(1-3-13)5-9(14-15)7-2-4-16-6-7/h2,4-6,10H,1,3,13H2. The highest BCUT2D eigenvalue weighted by molar-refractivity contribution is 7.08. The van der Waals surface area contributed by atoms with Gasteiger partial charge in [0.05, 0.1) is 5.69 Å². The van der Waals surface area contributed by atoms with Crippen LogP contribution in [0.4, 0.5) is 8.78 Å². The van der Waals surface area contributed by atoms with Crippen molar-refractivity contribution in [2.45, 2.75) is 13.0 Å². The largest absolute Gasteiger partial charge is 0.333 e. The summed E-state index contributed by atoms with van der Waals surface area (Å²) in [6.07, 6.45) is 0.404. The maximum atomic E-state index is 12.7. The number of hydrogen-bond acceptors (Lipinski definition) is 3. The number of alkyl halides is 2. The Kier molecular flexibility index (Phi) is 3.31. The van der Waals surface area contributed by atoms with Crippen LogP contribution in [0.15, 0.2) is 22.9 Å². The minimum absolute atomic E-state index is 0.335. The third kappa shape index (κ3) is 2.12. The summed E-state index contributed by atoms with van der Waals surface area (Å²) in [5, 5.41) is 7.66. The fraction of sp³-hybridized carbons (Fsp3) is 0.300. The van der Waals surface area contributed by atoms with Crippen LogP contribution in [-0.2, 0) is 6.42 Å². The molecule has 2 heterocycles. The van der Waals surface area contributed by atoms with Gasteiger partial charge in [0.15, 0.2) is 0 Å². The molecule has 0 fully saturated rings. The van der Waals surface area contributed by atoms with Crippen LogP contribution in [0.25, 0.3) is 11.3 Å². The van der Waals surface area contributed by atoms with Gasteiger partial charge < -0.3 is 5.73 Å². The lowest BCUT2D eigenvalue weighted by atomic mass is 10.2. The van der Waals surface area contributed by atoms with E-state index in [1.54, 1.807) is 6.07 Å². The van der Waals surface area contributed by atoms with E-state index in [1.807, 2.05) is 16.8 Å². The predicted octanol–water partition coefficient (Wildman–Crippen LogP) is 2.51. The topological polar surface area (TPSA) is 43.8 Å². The van der Waals surface area contributed by atoms with Crippen LogP contribution in [0, 0.1) is 0 Å². The van der Waals surface area contributed by atoms with Gasteiger partial charge in [-0.15, -0.1) is 0 Å². The van der Waals surface area contributed by atoms with Gasteiger partial charge in [0.25, 0.3) is 0 Å². The summed E-state index contributed by atoms with van der Waals surface area (Å²) in [6, 6.07) is 3.52. The highest BCUT2D eigenvalue weighted by Gasteiger charge is 2.15. The quantitative estimate of drug-likeness (QED) is 0.896. The fourth-order valence-corrected chi connectivity index (χ4v) is 2.14. The highest BCUT2D eigenvalue weighted by atomic mass is 32.1. The van der Waals surface area contributed by atoms with E-state index in [4.69, 9.17) is 5.73 Å². The first-order valence-electron chi connectivity index (χ1n) is 4.81. The van der Waals surface area contributed by atoms with E-state index < -0.39 is 6.55 Å². The van der Waals surface area contributed by atoms with E-state index in [9.17, 15) is 8.78 Å². The van der Waals surface area contributed by atoms with Crippen molar-refractivity contribution in [2.75, 3.05) is 6.54 Å². The van der Waals surface area contributed by atoms with Gasteiger partial charge in [-0.05, 0) is 24.1 Å². The van der Waals surface area contributed by atoms with Crippen molar-refractivity contribution in [2.24, 2.45) is 5.73 Å². The van der Waals surface area contributed by atoms with Crippen LogP contribution in [0.2, 0.25) is 0 Å². The zero-order chi connectivity index (χ0) is 11.5. The molecule has 0 saturated carbocycles. The van der Waals surface area contributed by atoms with Crippen LogP contribution in [0.5, 0.6) is 0 Å². The van der Waals surface area contributed by atoms with Crippen molar-refractivity contribution in [3.8, 4) is 11.3 Å². The summed E-state index contributed by atoms with van der Waals surface area (Å²) >= 11 is 1.51. The van der Waals surface area contributed by atoms with Gasteiger partial charge in [-0.25, -0.2) is 4.68 Å². The minimum atomic E-state index is -2.62. The molecule has 86 valence electrons. The van der Waals surface area contributed by atoms with Crippen LogP contribution in [-0.4, -0.2) is 16.3 Å². The van der Waals surface area contributed by atoms with E-state index in [2.05, 4.69) is 5.10 Å². The summed E-state index contributed by atoms with van der Waals surface area (Å²) in [4.78, 5) is 0. The van der Waals surface area contributed by atoms with Crippen LogP contribution >= 0.6 is 11.3 Å². The molecular formula is C10H11F2N3S. The second-order valence-corrected chi connectivity index (χ2v) is 4.07. The molecule has 6 heteroatoms. The molecule has 0 bridgehead atoms. The van der Waals surface area contributed by atoms with Crippen molar-refractivity contribution in [1.29, 1.82) is 0 Å². The molecule has 0 aliphatic rings. The van der Waals surface area contributed by atoms with Crippen LogP contribution in [0.1, 0.15) is 12.2 Å². The molecule has 0 aliphatic carbocycles. The van der Waals surface area contributed by atoms with Crippen molar-refractivity contribution < 1.29 is 8.78 Å². The van der Waals surface area contributed by atoms with Crippen molar-refractivity contribution in [1.82, 2.24) is 9.78 Å². The zero-order valence-corrected chi connectivity index (χ0v) is 9.25. The summed E-state index contributed by atoms with van der Waals surface area (Å²) < 4.78 is 26.1. The Bertz CT molecular complexity index is 451. The third-order valence-corrected chi connectivity index (χ3v) is 2.90. The SMILES string of the molecule is NCCc1cc(-c2ccsc2)nn1C(F)F. The molecule has 2 aromatic heterocycles. The number of halogens is 2.